The summed E-state index contributed by atoms with van der Waals surface area (Å²) in [5.74, 6) is -0.403. The number of carbonyl (C=O) groups excluding carboxylic acids is 4. The molecule has 6 heterocycles. The Hall–Kier alpha value is -4.79. The van der Waals surface area contributed by atoms with Crippen LogP contribution >= 0.6 is 15.9 Å². The molecule has 5 aliphatic heterocycles. The van der Waals surface area contributed by atoms with E-state index in [1.165, 1.54) is 41.2 Å². The maximum atomic E-state index is 15.7. The molecule has 330 valence electrons. The molecule has 4 aromatic rings. The number of fused-ring (bicyclic) bond motifs is 7. The summed E-state index contributed by atoms with van der Waals surface area (Å²) in [5, 5.41) is 2.88. The number of amides is 3. The van der Waals surface area contributed by atoms with E-state index in [4.69, 9.17) is 9.72 Å². The fraction of sp³-hybridized carbons (Fsp3) is 0.510. The number of nitrogens with one attached hydrogen (secondary N) is 1. The number of halogens is 2. The van der Waals surface area contributed by atoms with Crippen LogP contribution < -0.4 is 15.8 Å². The molecule has 1 saturated carbocycles. The molecule has 6 aliphatic rings. The van der Waals surface area contributed by atoms with E-state index in [2.05, 4.69) is 55.0 Å². The molecular weight excluding hydrogens is 867 g/mol. The zero-order valence-electron chi connectivity index (χ0n) is 35.8. The maximum absolute atomic E-state index is 15.7. The SMILES string of the molecule is CN(C(=O)c1cc(F)c(N2CCC3(CCC(CN4CCC(c5ccc6c(c5)-n5c(nc(=O)c7c(Br)cccc75)C65CCCCC5)CC4)CO3)CC2)cc1C=O)C1CCC(=O)NC1=O. The van der Waals surface area contributed by atoms with E-state index in [1.54, 1.807) is 0 Å². The first-order chi connectivity index (χ1) is 30.5. The molecule has 0 bridgehead atoms. The number of rotatable bonds is 7. The van der Waals surface area contributed by atoms with Gasteiger partial charge in [0.25, 0.3) is 11.5 Å². The molecule has 2 spiro atoms. The van der Waals surface area contributed by atoms with Crippen molar-refractivity contribution in [3.63, 3.8) is 0 Å². The van der Waals surface area contributed by atoms with Crippen LogP contribution in [0.5, 0.6) is 0 Å². The van der Waals surface area contributed by atoms with Crippen LogP contribution in [0, 0.1) is 11.7 Å². The lowest BCUT2D eigenvalue weighted by Gasteiger charge is -2.47. The quantitative estimate of drug-likeness (QED) is 0.151. The zero-order chi connectivity index (χ0) is 43.6. The Kier molecular flexibility index (Phi) is 11.1. The van der Waals surface area contributed by atoms with Crippen LogP contribution in [0.25, 0.3) is 16.6 Å². The molecule has 14 heteroatoms. The molecule has 3 aromatic carbocycles. The minimum Gasteiger partial charge on any atom is -0.375 e. The van der Waals surface area contributed by atoms with Crippen molar-refractivity contribution in [2.75, 3.05) is 51.3 Å². The summed E-state index contributed by atoms with van der Waals surface area (Å²) in [7, 11) is 1.43. The largest absolute Gasteiger partial charge is 0.375 e. The fourth-order valence-corrected chi connectivity index (χ4v) is 12.4. The van der Waals surface area contributed by atoms with E-state index in [-0.39, 0.29) is 46.2 Å². The monoisotopic (exact) mass is 920 g/mol. The zero-order valence-corrected chi connectivity index (χ0v) is 37.4. The number of benzene rings is 3. The third-order valence-corrected chi connectivity index (χ3v) is 16.1. The first kappa shape index (κ1) is 42.2. The van der Waals surface area contributed by atoms with Gasteiger partial charge in [0.15, 0.2) is 6.29 Å². The average molecular weight is 922 g/mol. The molecule has 5 fully saturated rings. The van der Waals surface area contributed by atoms with Gasteiger partial charge in [0.1, 0.15) is 17.7 Å². The number of hydrogen-bond donors (Lipinski definition) is 1. The van der Waals surface area contributed by atoms with Gasteiger partial charge in [0.05, 0.1) is 45.5 Å². The van der Waals surface area contributed by atoms with Crippen LogP contribution in [-0.2, 0) is 19.7 Å². The van der Waals surface area contributed by atoms with Crippen LogP contribution in [0.2, 0.25) is 0 Å². The van der Waals surface area contributed by atoms with Crippen molar-refractivity contribution >= 4 is 56.5 Å². The number of anilines is 1. The summed E-state index contributed by atoms with van der Waals surface area (Å²) in [6.45, 7) is 4.92. The minimum absolute atomic E-state index is 0.0564. The van der Waals surface area contributed by atoms with E-state index in [0.717, 1.165) is 106 Å². The summed E-state index contributed by atoms with van der Waals surface area (Å²) in [6.07, 6.45) is 12.0. The third-order valence-electron chi connectivity index (χ3n) is 15.5. The van der Waals surface area contributed by atoms with Gasteiger partial charge in [-0.25, -0.2) is 4.39 Å². The number of likely N-dealkylation sites (N-methyl/N-ethyl adjacent to an activating group) is 1. The highest BCUT2D eigenvalue weighted by Crippen LogP contribution is 2.52. The second kappa shape index (κ2) is 16.6. The van der Waals surface area contributed by atoms with E-state index in [0.29, 0.717) is 43.2 Å². The molecule has 4 saturated heterocycles. The summed E-state index contributed by atoms with van der Waals surface area (Å²) >= 11 is 3.65. The van der Waals surface area contributed by atoms with Crippen LogP contribution in [0.1, 0.15) is 127 Å². The van der Waals surface area contributed by atoms with Gasteiger partial charge in [-0.05, 0) is 140 Å². The number of likely N-dealkylation sites (tertiary alicyclic amines) is 1. The van der Waals surface area contributed by atoms with Gasteiger partial charge >= 0.3 is 0 Å². The highest BCUT2D eigenvalue weighted by Gasteiger charge is 2.47. The average Bonchev–Trinajstić information content (AvgIpc) is 3.54. The van der Waals surface area contributed by atoms with Crippen molar-refractivity contribution in [1.82, 2.24) is 24.7 Å². The first-order valence-corrected chi connectivity index (χ1v) is 23.6. The predicted molar refractivity (Wildman–Crippen MR) is 240 cm³/mol. The number of piperidine rings is 3. The lowest BCUT2D eigenvalue weighted by atomic mass is 9.69. The van der Waals surface area contributed by atoms with Crippen molar-refractivity contribution in [3.05, 3.63) is 97.3 Å². The molecule has 1 N–H and O–H groups in total. The molecule has 10 rings (SSSR count). The highest BCUT2D eigenvalue weighted by atomic mass is 79.9. The van der Waals surface area contributed by atoms with Crippen LogP contribution in [0.4, 0.5) is 10.1 Å². The van der Waals surface area contributed by atoms with Gasteiger partial charge in [-0.2, -0.15) is 4.98 Å². The Balaban J connectivity index is 0.747. The Morgan fingerprint density at radius 1 is 0.952 bits per heavy atom. The van der Waals surface area contributed by atoms with Crippen molar-refractivity contribution in [2.45, 2.75) is 106 Å². The normalized spacial score (nSPS) is 23.4. The summed E-state index contributed by atoms with van der Waals surface area (Å²) in [4.78, 5) is 73.6. The van der Waals surface area contributed by atoms with E-state index in [1.807, 2.05) is 17.0 Å². The molecule has 2 unspecified atom stereocenters. The number of imide groups is 1. The van der Waals surface area contributed by atoms with Crippen molar-refractivity contribution in [1.29, 1.82) is 0 Å². The Morgan fingerprint density at radius 3 is 2.44 bits per heavy atom. The number of hydrogen-bond acceptors (Lipinski definition) is 9. The van der Waals surface area contributed by atoms with Gasteiger partial charge in [-0.3, -0.25) is 33.9 Å². The van der Waals surface area contributed by atoms with Crippen LogP contribution in [0.3, 0.4) is 0 Å². The topological polar surface area (TPSA) is 134 Å². The second-order valence-corrected chi connectivity index (χ2v) is 19.8. The first-order valence-electron chi connectivity index (χ1n) is 22.8. The van der Waals surface area contributed by atoms with E-state index >= 15 is 4.39 Å². The number of carbonyl (C=O) groups is 4. The standard InChI is InChI=1S/C49H54BrFN6O6/c1-54(39-10-11-42(59)52-44(39)60)46(62)34-26-37(51)41(25-33(34)28-58)56-22-18-48(19-23-56)17-12-30(29-63-48)27-55-20-13-31(14-21-55)32-8-9-35-40(24-32)57-38-7-5-6-36(50)43(38)45(61)53-47(57)49(35)15-3-2-4-16-49/h5-9,24-26,28,30-31,39H,2-4,10-23,27,29H2,1H3,(H,52,59,60). The predicted octanol–water partition coefficient (Wildman–Crippen LogP) is 7.19. The van der Waals surface area contributed by atoms with Gasteiger partial charge in [-0.15, -0.1) is 0 Å². The number of aromatic nitrogens is 2. The number of aldehydes is 1. The van der Waals surface area contributed by atoms with E-state index in [9.17, 15) is 24.0 Å². The van der Waals surface area contributed by atoms with Crippen LogP contribution in [-0.4, -0.2) is 101 Å². The molecular formula is C49H54BrFN6O6. The summed E-state index contributed by atoms with van der Waals surface area (Å²) in [5.41, 5.74) is 4.42. The van der Waals surface area contributed by atoms with Crippen molar-refractivity contribution in [3.8, 4) is 5.69 Å². The lowest BCUT2D eigenvalue weighted by molar-refractivity contribution is -0.136. The van der Waals surface area contributed by atoms with Gasteiger partial charge < -0.3 is 19.4 Å². The lowest BCUT2D eigenvalue weighted by Crippen LogP contribution is -2.53. The second-order valence-electron chi connectivity index (χ2n) is 19.0. The molecule has 63 heavy (non-hydrogen) atoms. The smallest absolute Gasteiger partial charge is 0.281 e. The van der Waals surface area contributed by atoms with Gasteiger partial charge in [0.2, 0.25) is 11.8 Å². The third kappa shape index (κ3) is 7.43. The molecule has 1 aliphatic carbocycles. The van der Waals surface area contributed by atoms with Crippen LogP contribution in [0.15, 0.2) is 57.8 Å². The number of ether oxygens (including phenoxy) is 1. The fourth-order valence-electron chi connectivity index (χ4n) is 11.9. The molecule has 3 amide bonds. The molecule has 2 atom stereocenters. The van der Waals surface area contributed by atoms with Gasteiger partial charge in [0, 0.05) is 43.1 Å². The van der Waals surface area contributed by atoms with Crippen molar-refractivity contribution < 1.29 is 28.3 Å². The molecule has 12 nitrogen and oxygen atoms in total. The Morgan fingerprint density at radius 2 is 1.73 bits per heavy atom. The van der Waals surface area contributed by atoms with Gasteiger partial charge in [-0.1, -0.05) is 37.5 Å². The molecule has 1 aromatic heterocycles. The summed E-state index contributed by atoms with van der Waals surface area (Å²) in [6, 6.07) is 14.8. The Bertz CT molecular complexity index is 2570. The summed E-state index contributed by atoms with van der Waals surface area (Å²) < 4.78 is 25.5. The number of nitrogens with zero attached hydrogens (tertiary/aromatic N) is 5. The highest BCUT2D eigenvalue weighted by molar-refractivity contribution is 9.10. The molecule has 0 radical (unpaired) electrons. The van der Waals surface area contributed by atoms with Crippen molar-refractivity contribution in [2.24, 2.45) is 5.92 Å². The Labute approximate surface area is 374 Å². The minimum atomic E-state index is -0.882. The van der Waals surface area contributed by atoms with E-state index < -0.39 is 29.6 Å². The maximum Gasteiger partial charge on any atom is 0.281 e.